The molecule has 3 heteroatoms. The molecule has 0 heterocycles. The monoisotopic (exact) mass is 719 g/mol. The third-order valence-electron chi connectivity index (χ3n) is 19.9. The Labute approximate surface area is 321 Å². The number of aliphatic hydroxyl groups excluding tert-OH is 1. The Kier molecular flexibility index (Phi) is 11.0. The smallest absolute Gasteiger partial charge is 0.0667 e. The minimum absolute atomic E-state index is 0.109. The van der Waals surface area contributed by atoms with Crippen molar-refractivity contribution in [2.24, 2.45) is 98.6 Å². The summed E-state index contributed by atoms with van der Waals surface area (Å²) in [6, 6.07) is 0. The maximum absolute atomic E-state index is 9.88. The molecule has 0 radical (unpaired) electrons. The Hall–Kier alpha value is -0.640. The molecule has 0 aromatic carbocycles. The van der Waals surface area contributed by atoms with Crippen LogP contribution in [0, 0.1) is 98.6 Å². The third-order valence-corrected chi connectivity index (χ3v) is 19.9. The van der Waals surface area contributed by atoms with E-state index in [-0.39, 0.29) is 17.9 Å². The standard InChI is InChI=1S/C25H42O2.C24H40O/c1-15-9-10-24(4)18(11-15)12-16(2)23-20-8-7-19(17(3)14-26)25(20,5)22(27-6)13-21(23)24;1-7-17-8-9-19-22-16(3)13-18-12-15(2)10-11-23(18,4)20(22)14-21(25-6)24(17,19)5/h7,15-18,20-23,26H,8-14H2,1-6H3;7,15-16,18-22H,8-14H2,1-6H3/b;17-7-/t15-,16-,17-,18+,20+,21+,22-,23+,24+,25-;15-,16-,18+,19+,20+,21-,22+,23+,24-/m11/s1. The summed E-state index contributed by atoms with van der Waals surface area (Å²) in [6.45, 7) is 25.1. The molecule has 19 atom stereocenters. The second-order valence-corrected chi connectivity index (χ2v) is 22.0. The van der Waals surface area contributed by atoms with Crippen LogP contribution >= 0.6 is 0 Å². The first-order chi connectivity index (χ1) is 24.6. The Morgan fingerprint density at radius 1 is 0.712 bits per heavy atom. The highest BCUT2D eigenvalue weighted by Gasteiger charge is 2.65. The number of allylic oxidation sites excluding steroid dienone is 2. The Bertz CT molecular complexity index is 1350. The van der Waals surface area contributed by atoms with Crippen LogP contribution in [0.2, 0.25) is 0 Å². The van der Waals surface area contributed by atoms with Crippen molar-refractivity contribution in [2.45, 2.75) is 165 Å². The summed E-state index contributed by atoms with van der Waals surface area (Å²) in [5.41, 5.74) is 4.66. The van der Waals surface area contributed by atoms with Gasteiger partial charge in [-0.2, -0.15) is 0 Å². The van der Waals surface area contributed by atoms with Crippen molar-refractivity contribution in [1.29, 1.82) is 0 Å². The predicted molar refractivity (Wildman–Crippen MR) is 217 cm³/mol. The molecule has 0 amide bonds. The van der Waals surface area contributed by atoms with Gasteiger partial charge in [-0.25, -0.2) is 0 Å². The molecule has 0 aromatic rings. The molecule has 7 fully saturated rings. The lowest BCUT2D eigenvalue weighted by Crippen LogP contribution is -2.60. The molecule has 0 spiro atoms. The van der Waals surface area contributed by atoms with Gasteiger partial charge in [-0.05, 0) is 159 Å². The van der Waals surface area contributed by atoms with E-state index in [4.69, 9.17) is 9.47 Å². The molecule has 0 unspecified atom stereocenters. The van der Waals surface area contributed by atoms with Crippen LogP contribution < -0.4 is 0 Å². The van der Waals surface area contributed by atoms with E-state index in [0.29, 0.717) is 34.4 Å². The van der Waals surface area contributed by atoms with Crippen LogP contribution in [0.4, 0.5) is 0 Å². The highest BCUT2D eigenvalue weighted by molar-refractivity contribution is 5.30. The second-order valence-electron chi connectivity index (χ2n) is 22.0. The van der Waals surface area contributed by atoms with E-state index in [0.717, 1.165) is 65.1 Å². The first kappa shape index (κ1) is 39.6. The largest absolute Gasteiger partial charge is 0.396 e. The molecule has 8 rings (SSSR count). The van der Waals surface area contributed by atoms with Crippen molar-refractivity contribution in [2.75, 3.05) is 20.8 Å². The van der Waals surface area contributed by atoms with E-state index >= 15 is 0 Å². The molecule has 8 aliphatic rings. The van der Waals surface area contributed by atoms with Crippen molar-refractivity contribution < 1.29 is 14.6 Å². The summed E-state index contributed by atoms with van der Waals surface area (Å²) in [5, 5.41) is 9.88. The molecular formula is C49H82O3. The average molecular weight is 719 g/mol. The van der Waals surface area contributed by atoms with Crippen molar-refractivity contribution in [3.8, 4) is 0 Å². The molecule has 0 aliphatic heterocycles. The van der Waals surface area contributed by atoms with E-state index in [2.05, 4.69) is 81.4 Å². The lowest BCUT2D eigenvalue weighted by atomic mass is 9.41. The van der Waals surface area contributed by atoms with Crippen LogP contribution in [0.1, 0.15) is 153 Å². The number of aliphatic hydroxyl groups is 1. The normalized spacial score (nSPS) is 55.0. The SMILES string of the molecule is C/C=C1/CC[C@H]2[C@@H]3[C@H](C)C[C@@H]4C[C@H](C)CC[C@]4(C)[C@H]3C[C@@H](OC)[C@]12C.CO[C@@H]1C[C@H]2[C@@H]([C@H](C)C[C@@H]3C[C@H](C)CC[C@@]32C)[C@@H]2CC=C([C@H](C)CO)[C@@]12C. The van der Waals surface area contributed by atoms with Gasteiger partial charge in [-0.3, -0.25) is 0 Å². The van der Waals surface area contributed by atoms with Gasteiger partial charge in [0.15, 0.2) is 0 Å². The second kappa shape index (κ2) is 14.4. The van der Waals surface area contributed by atoms with Gasteiger partial charge in [0, 0.05) is 37.6 Å². The minimum atomic E-state index is 0.109. The highest BCUT2D eigenvalue weighted by atomic mass is 16.5. The van der Waals surface area contributed by atoms with Gasteiger partial charge in [0.2, 0.25) is 0 Å². The highest BCUT2D eigenvalue weighted by Crippen LogP contribution is 2.71. The first-order valence-corrected chi connectivity index (χ1v) is 22.7. The number of ether oxygens (including phenoxy) is 2. The third kappa shape index (κ3) is 5.78. The minimum Gasteiger partial charge on any atom is -0.396 e. The van der Waals surface area contributed by atoms with Gasteiger partial charge in [-0.1, -0.05) is 98.5 Å². The van der Waals surface area contributed by atoms with Gasteiger partial charge < -0.3 is 14.6 Å². The number of rotatable bonds is 4. The molecule has 7 saturated carbocycles. The van der Waals surface area contributed by atoms with Gasteiger partial charge >= 0.3 is 0 Å². The number of fused-ring (bicyclic) bond motifs is 10. The van der Waals surface area contributed by atoms with Crippen LogP contribution in [-0.4, -0.2) is 38.1 Å². The lowest BCUT2D eigenvalue weighted by Gasteiger charge is -2.64. The van der Waals surface area contributed by atoms with E-state index in [9.17, 15) is 5.11 Å². The number of hydrogen-bond donors (Lipinski definition) is 1. The number of methoxy groups -OCH3 is 2. The molecule has 0 aromatic heterocycles. The molecule has 52 heavy (non-hydrogen) atoms. The first-order valence-electron chi connectivity index (χ1n) is 22.7. The average Bonchev–Trinajstić information content (AvgIpc) is 3.66. The van der Waals surface area contributed by atoms with Crippen LogP contribution in [0.3, 0.4) is 0 Å². The maximum atomic E-state index is 9.88. The van der Waals surface area contributed by atoms with Crippen LogP contribution in [0.25, 0.3) is 0 Å². The van der Waals surface area contributed by atoms with Gasteiger partial charge in [0.25, 0.3) is 0 Å². The van der Waals surface area contributed by atoms with E-state index in [1.807, 2.05) is 14.2 Å². The summed E-state index contributed by atoms with van der Waals surface area (Å²) >= 11 is 0. The molecule has 0 saturated heterocycles. The Morgan fingerprint density at radius 2 is 1.21 bits per heavy atom. The van der Waals surface area contributed by atoms with Crippen molar-refractivity contribution in [1.82, 2.24) is 0 Å². The topological polar surface area (TPSA) is 38.7 Å². The Morgan fingerprint density at radius 3 is 1.69 bits per heavy atom. The zero-order chi connectivity index (χ0) is 37.5. The van der Waals surface area contributed by atoms with E-state index in [1.165, 1.54) is 89.0 Å². The zero-order valence-electron chi connectivity index (χ0n) is 36.0. The molecule has 296 valence electrons. The van der Waals surface area contributed by atoms with Gasteiger partial charge in [0.1, 0.15) is 0 Å². The van der Waals surface area contributed by atoms with Crippen LogP contribution in [-0.2, 0) is 9.47 Å². The quantitative estimate of drug-likeness (QED) is 0.294. The maximum Gasteiger partial charge on any atom is 0.0667 e. The van der Waals surface area contributed by atoms with Crippen molar-refractivity contribution >= 4 is 0 Å². The fourth-order valence-electron chi connectivity index (χ4n) is 17.1. The zero-order valence-corrected chi connectivity index (χ0v) is 36.0. The molecular weight excluding hydrogens is 637 g/mol. The summed E-state index contributed by atoms with van der Waals surface area (Å²) in [4.78, 5) is 0. The molecule has 8 aliphatic carbocycles. The summed E-state index contributed by atoms with van der Waals surface area (Å²) in [5.74, 6) is 10.6. The van der Waals surface area contributed by atoms with E-state index in [1.54, 1.807) is 5.57 Å². The van der Waals surface area contributed by atoms with Crippen LogP contribution in [0.15, 0.2) is 23.3 Å². The predicted octanol–water partition coefficient (Wildman–Crippen LogP) is 12.2. The van der Waals surface area contributed by atoms with Gasteiger partial charge in [-0.15, -0.1) is 0 Å². The molecule has 0 bridgehead atoms. The molecule has 3 nitrogen and oxygen atoms in total. The summed E-state index contributed by atoms with van der Waals surface area (Å²) < 4.78 is 12.5. The van der Waals surface area contributed by atoms with Gasteiger partial charge in [0.05, 0.1) is 12.2 Å². The van der Waals surface area contributed by atoms with Crippen molar-refractivity contribution in [3.05, 3.63) is 23.3 Å². The Balaban J connectivity index is 0.000000162. The summed E-state index contributed by atoms with van der Waals surface area (Å²) in [7, 11) is 3.91. The lowest BCUT2D eigenvalue weighted by molar-refractivity contribution is -0.176. The molecule has 1 N–H and O–H groups in total. The van der Waals surface area contributed by atoms with Crippen LogP contribution in [0.5, 0.6) is 0 Å². The fourth-order valence-corrected chi connectivity index (χ4v) is 17.1. The van der Waals surface area contributed by atoms with E-state index < -0.39 is 0 Å². The fraction of sp³-hybridized carbons (Fsp3) is 0.918. The summed E-state index contributed by atoms with van der Waals surface area (Å²) in [6.07, 6.45) is 23.6. The number of hydrogen-bond acceptors (Lipinski definition) is 3. The van der Waals surface area contributed by atoms with Crippen molar-refractivity contribution in [3.63, 3.8) is 0 Å².